The Labute approximate surface area is 178 Å². The zero-order valence-corrected chi connectivity index (χ0v) is 17.3. The van der Waals surface area contributed by atoms with E-state index in [4.69, 9.17) is 9.47 Å². The quantitative estimate of drug-likeness (QED) is 0.682. The second-order valence-corrected chi connectivity index (χ2v) is 7.26. The molecule has 0 atom stereocenters. The lowest BCUT2D eigenvalue weighted by Crippen LogP contribution is -2.40. The van der Waals surface area contributed by atoms with E-state index in [-0.39, 0.29) is 23.8 Å². The van der Waals surface area contributed by atoms with E-state index in [1.54, 1.807) is 35.2 Å². The van der Waals surface area contributed by atoms with Crippen LogP contribution < -0.4 is 15.0 Å². The van der Waals surface area contributed by atoms with Crippen LogP contribution in [0.15, 0.2) is 47.3 Å². The Kier molecular flexibility index (Phi) is 5.70. The first-order valence-corrected chi connectivity index (χ1v) is 9.85. The molecule has 1 N–H and O–H groups in total. The van der Waals surface area contributed by atoms with Crippen molar-refractivity contribution in [3.05, 3.63) is 86.8 Å². The molecule has 0 radical (unpaired) electrons. The summed E-state index contributed by atoms with van der Waals surface area (Å²) in [6.07, 6.45) is 0.850. The Balaban J connectivity index is 1.59. The molecule has 2 aromatic carbocycles. The molecule has 1 aliphatic heterocycles. The van der Waals surface area contributed by atoms with Crippen molar-refractivity contribution in [1.29, 1.82) is 0 Å². The fourth-order valence-electron chi connectivity index (χ4n) is 3.75. The minimum atomic E-state index is -0.313. The van der Waals surface area contributed by atoms with Crippen molar-refractivity contribution in [3.8, 4) is 11.5 Å². The van der Waals surface area contributed by atoms with E-state index in [1.165, 1.54) is 26.4 Å². The van der Waals surface area contributed by atoms with E-state index in [9.17, 15) is 14.0 Å². The van der Waals surface area contributed by atoms with Gasteiger partial charge < -0.3 is 19.4 Å². The third kappa shape index (κ3) is 4.14. The molecule has 0 fully saturated rings. The molecule has 160 valence electrons. The number of nitrogens with zero attached hydrogens (tertiary/aromatic N) is 2. The number of amides is 1. The molecule has 8 heteroatoms. The van der Waals surface area contributed by atoms with Crippen LogP contribution in [0.2, 0.25) is 0 Å². The first-order valence-electron chi connectivity index (χ1n) is 9.85. The number of aromatic nitrogens is 2. The molecule has 0 aliphatic carbocycles. The molecule has 7 nitrogen and oxygen atoms in total. The molecular weight excluding hydrogens is 401 g/mol. The van der Waals surface area contributed by atoms with Crippen LogP contribution in [0, 0.1) is 5.82 Å². The number of benzene rings is 2. The van der Waals surface area contributed by atoms with Crippen molar-refractivity contribution in [2.75, 3.05) is 20.8 Å². The summed E-state index contributed by atoms with van der Waals surface area (Å²) < 4.78 is 23.8. The molecule has 31 heavy (non-hydrogen) atoms. The fourth-order valence-corrected chi connectivity index (χ4v) is 3.75. The number of rotatable bonds is 5. The minimum absolute atomic E-state index is 0.147. The summed E-state index contributed by atoms with van der Waals surface area (Å²) >= 11 is 0. The normalized spacial score (nSPS) is 12.9. The number of methoxy groups -OCH3 is 2. The zero-order chi connectivity index (χ0) is 22.0. The lowest BCUT2D eigenvalue weighted by molar-refractivity contribution is 0.0725. The van der Waals surface area contributed by atoms with Gasteiger partial charge in [0.25, 0.3) is 11.5 Å². The lowest BCUT2D eigenvalue weighted by atomic mass is 10.0. The second kappa shape index (κ2) is 8.59. The highest BCUT2D eigenvalue weighted by atomic mass is 19.1. The Morgan fingerprint density at radius 1 is 1.13 bits per heavy atom. The van der Waals surface area contributed by atoms with Gasteiger partial charge in [-0.2, -0.15) is 0 Å². The number of hydrogen-bond acceptors (Lipinski definition) is 5. The molecule has 0 saturated heterocycles. The highest BCUT2D eigenvalue weighted by molar-refractivity contribution is 5.99. The average Bonchev–Trinajstić information content (AvgIpc) is 2.79. The molecule has 2 heterocycles. The summed E-state index contributed by atoms with van der Waals surface area (Å²) in [6.45, 7) is 0.564. The second-order valence-electron chi connectivity index (χ2n) is 7.26. The lowest BCUT2D eigenvalue weighted by Gasteiger charge is -2.29. The van der Waals surface area contributed by atoms with Gasteiger partial charge in [0, 0.05) is 19.4 Å². The van der Waals surface area contributed by atoms with E-state index in [1.807, 2.05) is 0 Å². The van der Waals surface area contributed by atoms with Crippen LogP contribution in [0.25, 0.3) is 0 Å². The monoisotopic (exact) mass is 423 g/mol. The Morgan fingerprint density at radius 3 is 2.45 bits per heavy atom. The van der Waals surface area contributed by atoms with Crippen molar-refractivity contribution < 1.29 is 18.7 Å². The predicted octanol–water partition coefficient (Wildman–Crippen LogP) is 2.72. The van der Waals surface area contributed by atoms with Gasteiger partial charge in [0.2, 0.25) is 0 Å². The van der Waals surface area contributed by atoms with Gasteiger partial charge in [0.1, 0.15) is 28.7 Å². The number of ether oxygens (including phenoxy) is 2. The highest BCUT2D eigenvalue weighted by Gasteiger charge is 2.29. The zero-order valence-electron chi connectivity index (χ0n) is 17.3. The van der Waals surface area contributed by atoms with Crippen LogP contribution in [-0.2, 0) is 19.4 Å². The Hall–Kier alpha value is -3.68. The van der Waals surface area contributed by atoms with E-state index < -0.39 is 0 Å². The summed E-state index contributed by atoms with van der Waals surface area (Å²) in [4.78, 5) is 34.9. The van der Waals surface area contributed by atoms with Crippen LogP contribution in [0.3, 0.4) is 0 Å². The van der Waals surface area contributed by atoms with Gasteiger partial charge in [-0.25, -0.2) is 9.37 Å². The van der Waals surface area contributed by atoms with E-state index >= 15 is 0 Å². The largest absolute Gasteiger partial charge is 0.496 e. The van der Waals surface area contributed by atoms with E-state index in [0.29, 0.717) is 53.5 Å². The minimum Gasteiger partial charge on any atom is -0.496 e. The number of H-pyrrole nitrogens is 1. The number of halogens is 1. The Morgan fingerprint density at radius 2 is 1.81 bits per heavy atom. The number of hydrogen-bond donors (Lipinski definition) is 1. The maximum absolute atomic E-state index is 13.2. The van der Waals surface area contributed by atoms with Gasteiger partial charge in [-0.05, 0) is 29.8 Å². The Bertz CT molecular complexity index is 1150. The summed E-state index contributed by atoms with van der Waals surface area (Å²) in [5.41, 5.74) is 2.05. The standard InChI is InChI=1S/C23H22FN3O4/c1-30-18-4-3-5-19(31-2)21(18)23(29)27-11-10-17-16(13-27)22(28)26-20(25-17)12-14-6-8-15(24)9-7-14/h3-9H,10-13H2,1-2H3,(H,25,26,28). The van der Waals surface area contributed by atoms with Crippen LogP contribution in [0.4, 0.5) is 4.39 Å². The van der Waals surface area contributed by atoms with Gasteiger partial charge in [-0.15, -0.1) is 0 Å². The molecule has 1 amide bonds. The number of nitrogens with one attached hydrogen (secondary N) is 1. The third-order valence-corrected chi connectivity index (χ3v) is 5.33. The number of carbonyl (C=O) groups excluding carboxylic acids is 1. The number of fused-ring (bicyclic) bond motifs is 1. The van der Waals surface area contributed by atoms with Crippen molar-refractivity contribution in [1.82, 2.24) is 14.9 Å². The molecule has 0 bridgehead atoms. The molecule has 0 saturated carbocycles. The van der Waals surface area contributed by atoms with Gasteiger partial charge in [0.15, 0.2) is 0 Å². The molecule has 0 spiro atoms. The van der Waals surface area contributed by atoms with Crippen LogP contribution >= 0.6 is 0 Å². The average molecular weight is 423 g/mol. The number of aromatic amines is 1. The molecule has 3 aromatic rings. The topological polar surface area (TPSA) is 84.5 Å². The van der Waals surface area contributed by atoms with Crippen LogP contribution in [0.1, 0.15) is 33.0 Å². The van der Waals surface area contributed by atoms with Crippen molar-refractivity contribution in [2.45, 2.75) is 19.4 Å². The molecule has 1 aromatic heterocycles. The van der Waals surface area contributed by atoms with Crippen molar-refractivity contribution in [2.24, 2.45) is 0 Å². The fraction of sp³-hybridized carbons (Fsp3) is 0.261. The van der Waals surface area contributed by atoms with E-state index in [2.05, 4.69) is 9.97 Å². The van der Waals surface area contributed by atoms with Crippen molar-refractivity contribution in [3.63, 3.8) is 0 Å². The third-order valence-electron chi connectivity index (χ3n) is 5.33. The molecule has 1 aliphatic rings. The molecule has 0 unspecified atom stereocenters. The van der Waals surface area contributed by atoms with Gasteiger partial charge in [0.05, 0.1) is 32.0 Å². The summed E-state index contributed by atoms with van der Waals surface area (Å²) in [6, 6.07) is 11.2. The van der Waals surface area contributed by atoms with E-state index in [0.717, 1.165) is 5.56 Å². The first-order chi connectivity index (χ1) is 15.0. The van der Waals surface area contributed by atoms with Gasteiger partial charge >= 0.3 is 0 Å². The molecular formula is C23H22FN3O4. The summed E-state index contributed by atoms with van der Waals surface area (Å²) in [5, 5.41) is 0. The summed E-state index contributed by atoms with van der Waals surface area (Å²) in [5.74, 6) is 0.761. The van der Waals surface area contributed by atoms with Crippen molar-refractivity contribution >= 4 is 5.91 Å². The highest BCUT2D eigenvalue weighted by Crippen LogP contribution is 2.30. The van der Waals surface area contributed by atoms with Gasteiger partial charge in [-0.1, -0.05) is 18.2 Å². The summed E-state index contributed by atoms with van der Waals surface area (Å²) in [7, 11) is 2.99. The SMILES string of the molecule is COc1cccc(OC)c1C(=O)N1CCc2nc(Cc3ccc(F)cc3)[nH]c(=O)c2C1. The predicted molar refractivity (Wildman–Crippen MR) is 112 cm³/mol. The maximum atomic E-state index is 13.2. The number of carbonyl (C=O) groups is 1. The van der Waals surface area contributed by atoms with Crippen LogP contribution in [0.5, 0.6) is 11.5 Å². The maximum Gasteiger partial charge on any atom is 0.261 e. The van der Waals surface area contributed by atoms with Gasteiger partial charge in [-0.3, -0.25) is 9.59 Å². The first kappa shape index (κ1) is 20.6. The smallest absolute Gasteiger partial charge is 0.261 e. The van der Waals surface area contributed by atoms with Crippen LogP contribution in [-0.4, -0.2) is 41.5 Å². The molecule has 4 rings (SSSR count).